The number of rotatable bonds is 5. The average Bonchev–Trinajstić information content (AvgIpc) is 2.70. The van der Waals surface area contributed by atoms with Crippen LogP contribution in [0.4, 0.5) is 5.69 Å². The molecule has 0 unspecified atom stereocenters. The number of carbonyl (C=O) groups is 1. The van der Waals surface area contributed by atoms with Crippen molar-refractivity contribution in [1.29, 1.82) is 0 Å². The summed E-state index contributed by atoms with van der Waals surface area (Å²) in [7, 11) is 0. The van der Waals surface area contributed by atoms with Gasteiger partial charge in [0.1, 0.15) is 0 Å². The van der Waals surface area contributed by atoms with E-state index in [9.17, 15) is 4.79 Å². The highest BCUT2D eigenvalue weighted by Crippen LogP contribution is 2.26. The number of amides is 1. The van der Waals surface area contributed by atoms with E-state index in [4.69, 9.17) is 11.6 Å². The SMILES string of the molecule is O=C(Cc1ccccc1Cl)Nc1cncc2c1CCN(Cc1ccccc1)C2. The molecule has 3 aromatic rings. The lowest BCUT2D eigenvalue weighted by molar-refractivity contribution is -0.115. The van der Waals surface area contributed by atoms with Gasteiger partial charge in [-0.05, 0) is 34.7 Å². The number of anilines is 1. The number of hydrogen-bond acceptors (Lipinski definition) is 3. The van der Waals surface area contributed by atoms with Gasteiger partial charge in [-0.1, -0.05) is 60.1 Å². The normalized spacial score (nSPS) is 13.8. The average molecular weight is 392 g/mol. The van der Waals surface area contributed by atoms with Crippen LogP contribution >= 0.6 is 11.6 Å². The molecule has 2 aromatic carbocycles. The van der Waals surface area contributed by atoms with E-state index in [1.165, 1.54) is 16.7 Å². The Morgan fingerprint density at radius 1 is 1.07 bits per heavy atom. The van der Waals surface area contributed by atoms with Crippen molar-refractivity contribution in [3.8, 4) is 0 Å². The molecule has 1 amide bonds. The second-order valence-electron chi connectivity index (χ2n) is 7.09. The first-order valence-corrected chi connectivity index (χ1v) is 9.82. The predicted molar refractivity (Wildman–Crippen MR) is 112 cm³/mol. The van der Waals surface area contributed by atoms with E-state index in [1.54, 1.807) is 12.3 Å². The zero-order valence-electron chi connectivity index (χ0n) is 15.6. The molecule has 0 saturated carbocycles. The van der Waals surface area contributed by atoms with Crippen molar-refractivity contribution in [3.63, 3.8) is 0 Å². The van der Waals surface area contributed by atoms with Crippen LogP contribution < -0.4 is 5.32 Å². The number of hydrogen-bond donors (Lipinski definition) is 1. The molecule has 0 saturated heterocycles. The monoisotopic (exact) mass is 391 g/mol. The summed E-state index contributed by atoms with van der Waals surface area (Å²) >= 11 is 6.17. The smallest absolute Gasteiger partial charge is 0.228 e. The summed E-state index contributed by atoms with van der Waals surface area (Å²) in [6, 6.07) is 17.9. The van der Waals surface area contributed by atoms with Gasteiger partial charge in [0.05, 0.1) is 18.3 Å². The molecule has 1 aliphatic heterocycles. The van der Waals surface area contributed by atoms with E-state index < -0.39 is 0 Å². The third kappa shape index (κ3) is 4.41. The van der Waals surface area contributed by atoms with Gasteiger partial charge in [0.15, 0.2) is 0 Å². The highest BCUT2D eigenvalue weighted by Gasteiger charge is 2.20. The molecule has 142 valence electrons. The summed E-state index contributed by atoms with van der Waals surface area (Å²) in [6.45, 7) is 2.72. The molecular formula is C23H22ClN3O. The largest absolute Gasteiger partial charge is 0.324 e. The van der Waals surface area contributed by atoms with Gasteiger partial charge in [-0.15, -0.1) is 0 Å². The maximum absolute atomic E-state index is 12.5. The zero-order chi connectivity index (χ0) is 19.3. The number of benzene rings is 2. The Kier molecular flexibility index (Phi) is 5.70. The van der Waals surface area contributed by atoms with Crippen LogP contribution in [0.2, 0.25) is 5.02 Å². The number of fused-ring (bicyclic) bond motifs is 1. The molecule has 1 aliphatic rings. The molecular weight excluding hydrogens is 370 g/mol. The molecule has 2 heterocycles. The van der Waals surface area contributed by atoms with Gasteiger partial charge in [0, 0.05) is 30.9 Å². The maximum Gasteiger partial charge on any atom is 0.228 e. The van der Waals surface area contributed by atoms with Crippen molar-refractivity contribution >= 4 is 23.2 Å². The fourth-order valence-corrected chi connectivity index (χ4v) is 3.85. The van der Waals surface area contributed by atoms with Crippen LogP contribution in [0.1, 0.15) is 22.3 Å². The van der Waals surface area contributed by atoms with Crippen LogP contribution in [0.25, 0.3) is 0 Å². The molecule has 5 heteroatoms. The Labute approximate surface area is 170 Å². The minimum Gasteiger partial charge on any atom is -0.324 e. The van der Waals surface area contributed by atoms with Gasteiger partial charge in [-0.25, -0.2) is 0 Å². The molecule has 0 radical (unpaired) electrons. The summed E-state index contributed by atoms with van der Waals surface area (Å²) < 4.78 is 0. The van der Waals surface area contributed by atoms with Crippen molar-refractivity contribution < 1.29 is 4.79 Å². The number of nitrogens with zero attached hydrogens (tertiary/aromatic N) is 2. The molecule has 0 fully saturated rings. The van der Waals surface area contributed by atoms with E-state index in [2.05, 4.69) is 39.5 Å². The van der Waals surface area contributed by atoms with Crippen LogP contribution in [0.3, 0.4) is 0 Å². The molecule has 0 spiro atoms. The van der Waals surface area contributed by atoms with Crippen LogP contribution in [0, 0.1) is 0 Å². The lowest BCUT2D eigenvalue weighted by Gasteiger charge is -2.29. The van der Waals surface area contributed by atoms with Gasteiger partial charge in [0.2, 0.25) is 5.91 Å². The minimum absolute atomic E-state index is 0.0741. The molecule has 0 aliphatic carbocycles. The fourth-order valence-electron chi connectivity index (χ4n) is 3.65. The minimum atomic E-state index is -0.0741. The Morgan fingerprint density at radius 2 is 1.86 bits per heavy atom. The molecule has 0 bridgehead atoms. The first-order chi connectivity index (χ1) is 13.7. The van der Waals surface area contributed by atoms with Gasteiger partial charge in [0.25, 0.3) is 0 Å². The van der Waals surface area contributed by atoms with E-state index in [1.807, 2.05) is 30.5 Å². The second kappa shape index (κ2) is 8.55. The van der Waals surface area contributed by atoms with E-state index >= 15 is 0 Å². The maximum atomic E-state index is 12.5. The topological polar surface area (TPSA) is 45.2 Å². The van der Waals surface area contributed by atoms with E-state index in [-0.39, 0.29) is 12.3 Å². The first kappa shape index (κ1) is 18.7. The number of pyridine rings is 1. The highest BCUT2D eigenvalue weighted by molar-refractivity contribution is 6.31. The first-order valence-electron chi connectivity index (χ1n) is 9.44. The lowest BCUT2D eigenvalue weighted by atomic mass is 9.99. The number of aromatic nitrogens is 1. The molecule has 4 rings (SSSR count). The zero-order valence-corrected chi connectivity index (χ0v) is 16.3. The molecule has 0 atom stereocenters. The van der Waals surface area contributed by atoms with Crippen LogP contribution in [-0.4, -0.2) is 22.3 Å². The van der Waals surface area contributed by atoms with Crippen LogP contribution in [-0.2, 0) is 30.7 Å². The quantitative estimate of drug-likeness (QED) is 0.697. The summed E-state index contributed by atoms with van der Waals surface area (Å²) in [5, 5.41) is 3.65. The third-order valence-electron chi connectivity index (χ3n) is 5.05. The van der Waals surface area contributed by atoms with Crippen LogP contribution in [0.5, 0.6) is 0 Å². The summed E-state index contributed by atoms with van der Waals surface area (Å²) in [4.78, 5) is 19.3. The van der Waals surface area contributed by atoms with Gasteiger partial charge in [-0.3, -0.25) is 14.7 Å². The molecule has 28 heavy (non-hydrogen) atoms. The summed E-state index contributed by atoms with van der Waals surface area (Å²) in [6.07, 6.45) is 4.81. The number of halogens is 1. The number of nitrogens with one attached hydrogen (secondary N) is 1. The Hall–Kier alpha value is -2.69. The molecule has 1 aromatic heterocycles. The highest BCUT2D eigenvalue weighted by atomic mass is 35.5. The predicted octanol–water partition coefficient (Wildman–Crippen LogP) is 4.47. The Bertz CT molecular complexity index is 975. The van der Waals surface area contributed by atoms with Crippen molar-refractivity contribution in [2.45, 2.75) is 25.9 Å². The van der Waals surface area contributed by atoms with Crippen molar-refractivity contribution in [2.24, 2.45) is 0 Å². The van der Waals surface area contributed by atoms with E-state index in [0.717, 1.165) is 37.3 Å². The van der Waals surface area contributed by atoms with Crippen molar-refractivity contribution in [1.82, 2.24) is 9.88 Å². The van der Waals surface area contributed by atoms with Crippen molar-refractivity contribution in [2.75, 3.05) is 11.9 Å². The molecule has 4 nitrogen and oxygen atoms in total. The fraction of sp³-hybridized carbons (Fsp3) is 0.217. The summed E-state index contributed by atoms with van der Waals surface area (Å²) in [5.41, 5.74) is 5.31. The third-order valence-corrected chi connectivity index (χ3v) is 5.42. The molecule has 1 N–H and O–H groups in total. The number of carbonyl (C=O) groups excluding carboxylic acids is 1. The van der Waals surface area contributed by atoms with Crippen LogP contribution in [0.15, 0.2) is 67.0 Å². The van der Waals surface area contributed by atoms with E-state index in [0.29, 0.717) is 5.02 Å². The van der Waals surface area contributed by atoms with Gasteiger partial charge >= 0.3 is 0 Å². The van der Waals surface area contributed by atoms with Gasteiger partial charge < -0.3 is 5.32 Å². The second-order valence-corrected chi connectivity index (χ2v) is 7.49. The van der Waals surface area contributed by atoms with Crippen molar-refractivity contribution in [3.05, 3.63) is 94.3 Å². The Balaban J connectivity index is 1.44. The van der Waals surface area contributed by atoms with Gasteiger partial charge in [-0.2, -0.15) is 0 Å². The standard InChI is InChI=1S/C23H22ClN3O/c24-21-9-5-4-8-18(21)12-23(28)26-22-14-25-13-19-16-27(11-10-20(19)22)15-17-6-2-1-3-7-17/h1-9,13-14H,10-12,15-16H2,(H,26,28). The summed E-state index contributed by atoms with van der Waals surface area (Å²) in [5.74, 6) is -0.0741. The lowest BCUT2D eigenvalue weighted by Crippen LogP contribution is -2.31. The Morgan fingerprint density at radius 3 is 2.68 bits per heavy atom.